The molecule has 1 aliphatic heterocycles. The van der Waals surface area contributed by atoms with E-state index in [-0.39, 0.29) is 18.3 Å². The Bertz CT molecular complexity index is 1090. The van der Waals surface area contributed by atoms with E-state index in [1.807, 2.05) is 0 Å². The number of hydrogen-bond donors (Lipinski definition) is 3. The van der Waals surface area contributed by atoms with E-state index < -0.39 is 18.5 Å². The molecule has 8 nitrogen and oxygen atoms in total. The molecule has 0 unspecified atom stereocenters. The minimum absolute atomic E-state index is 0.132. The normalized spacial score (nSPS) is 15.4. The molecule has 2 aromatic heterocycles. The van der Waals surface area contributed by atoms with Gasteiger partial charge in [-0.25, -0.2) is 19.2 Å². The highest BCUT2D eigenvalue weighted by Crippen LogP contribution is 2.28. The van der Waals surface area contributed by atoms with Gasteiger partial charge in [0, 0.05) is 43.8 Å². The van der Waals surface area contributed by atoms with Crippen molar-refractivity contribution in [3.8, 4) is 0 Å². The summed E-state index contributed by atoms with van der Waals surface area (Å²) >= 11 is 7.35. The Morgan fingerprint density at radius 3 is 2.77 bits per heavy atom. The van der Waals surface area contributed by atoms with Gasteiger partial charge in [0.2, 0.25) is 0 Å². The van der Waals surface area contributed by atoms with Gasteiger partial charge in [-0.05, 0) is 29.8 Å². The van der Waals surface area contributed by atoms with Crippen molar-refractivity contribution in [2.24, 2.45) is 0 Å². The van der Waals surface area contributed by atoms with Crippen LogP contribution in [0.25, 0.3) is 10.2 Å². The van der Waals surface area contributed by atoms with Crippen LogP contribution in [0.1, 0.15) is 5.56 Å². The summed E-state index contributed by atoms with van der Waals surface area (Å²) in [6.07, 6.45) is 0.684. The number of aromatic nitrogens is 2. The minimum Gasteiger partial charge on any atom is -0.394 e. The fourth-order valence-corrected chi connectivity index (χ4v) is 4.53. The molecule has 1 atom stereocenters. The van der Waals surface area contributed by atoms with E-state index in [1.165, 1.54) is 23.6 Å². The fourth-order valence-electron chi connectivity index (χ4n) is 3.40. The van der Waals surface area contributed by atoms with Crippen LogP contribution in [0.3, 0.4) is 0 Å². The number of thiazole rings is 1. The lowest BCUT2D eigenvalue weighted by Crippen LogP contribution is -2.50. The van der Waals surface area contributed by atoms with Gasteiger partial charge in [-0.1, -0.05) is 22.9 Å². The number of aliphatic hydroxyl groups is 2. The van der Waals surface area contributed by atoms with Gasteiger partial charge in [-0.2, -0.15) is 0 Å². The third kappa shape index (κ3) is 5.04. The van der Waals surface area contributed by atoms with E-state index in [0.29, 0.717) is 41.9 Å². The van der Waals surface area contributed by atoms with Crippen molar-refractivity contribution in [2.75, 3.05) is 43.0 Å². The number of aliphatic hydroxyl groups excluding tert-OH is 2. The second-order valence-electron chi connectivity index (χ2n) is 7.22. The number of halogens is 2. The number of carbonyl (C=O) groups is 1. The van der Waals surface area contributed by atoms with Gasteiger partial charge < -0.3 is 20.0 Å². The highest BCUT2D eigenvalue weighted by molar-refractivity contribution is 7.22. The standard InChI is InChI=1S/C20H21ClFN5O3S/c21-13-1-2-16-17(9-13)31-19(24-16)25-20(30)27-5-3-26(4-6-27)18-15(22)8-12(10-23-18)7-14(29)11-28/h1-2,8-10,14,28-29H,3-7,11H2,(H,24,25,30)/t14-/m0/s1. The number of rotatable bonds is 5. The molecule has 0 saturated carbocycles. The predicted molar refractivity (Wildman–Crippen MR) is 118 cm³/mol. The van der Waals surface area contributed by atoms with Crippen molar-refractivity contribution in [3.63, 3.8) is 0 Å². The monoisotopic (exact) mass is 465 g/mol. The number of anilines is 2. The first-order chi connectivity index (χ1) is 14.9. The Morgan fingerprint density at radius 2 is 2.06 bits per heavy atom. The van der Waals surface area contributed by atoms with Crippen molar-refractivity contribution in [2.45, 2.75) is 12.5 Å². The van der Waals surface area contributed by atoms with Gasteiger partial charge in [0.1, 0.15) is 0 Å². The maximum Gasteiger partial charge on any atom is 0.323 e. The Hall–Kier alpha value is -2.53. The van der Waals surface area contributed by atoms with E-state index in [1.54, 1.807) is 28.0 Å². The van der Waals surface area contributed by atoms with Crippen LogP contribution in [0.2, 0.25) is 5.02 Å². The quantitative estimate of drug-likeness (QED) is 0.535. The number of nitrogens with one attached hydrogen (secondary N) is 1. The SMILES string of the molecule is O=C(Nc1nc2ccc(Cl)cc2s1)N1CCN(c2ncc(C[C@H](O)CO)cc2F)CC1. The summed E-state index contributed by atoms with van der Waals surface area (Å²) in [6, 6.07) is 6.43. The first-order valence-corrected chi connectivity index (χ1v) is 10.9. The highest BCUT2D eigenvalue weighted by Gasteiger charge is 2.24. The van der Waals surface area contributed by atoms with E-state index in [2.05, 4.69) is 15.3 Å². The summed E-state index contributed by atoms with van der Waals surface area (Å²) in [7, 11) is 0. The lowest BCUT2D eigenvalue weighted by atomic mass is 10.1. The van der Waals surface area contributed by atoms with Crippen molar-refractivity contribution in [3.05, 3.63) is 46.9 Å². The van der Waals surface area contributed by atoms with E-state index in [4.69, 9.17) is 16.7 Å². The number of amides is 2. The van der Waals surface area contributed by atoms with Crippen molar-refractivity contribution >= 4 is 50.1 Å². The van der Waals surface area contributed by atoms with Crippen LogP contribution < -0.4 is 10.2 Å². The zero-order chi connectivity index (χ0) is 22.0. The number of benzene rings is 1. The summed E-state index contributed by atoms with van der Waals surface area (Å²) in [4.78, 5) is 24.6. The number of fused-ring (bicyclic) bond motifs is 1. The summed E-state index contributed by atoms with van der Waals surface area (Å²) in [6.45, 7) is 1.30. The molecule has 1 aliphatic rings. The van der Waals surface area contributed by atoms with Crippen LogP contribution in [0.15, 0.2) is 30.5 Å². The molecule has 1 aromatic carbocycles. The van der Waals surface area contributed by atoms with Gasteiger partial charge in [0.15, 0.2) is 16.8 Å². The molecule has 11 heteroatoms. The topological polar surface area (TPSA) is 102 Å². The maximum absolute atomic E-state index is 14.5. The van der Waals surface area contributed by atoms with Crippen molar-refractivity contribution in [1.29, 1.82) is 0 Å². The van der Waals surface area contributed by atoms with Gasteiger partial charge in [-0.3, -0.25) is 5.32 Å². The first kappa shape index (κ1) is 21.7. The lowest BCUT2D eigenvalue weighted by Gasteiger charge is -2.35. The van der Waals surface area contributed by atoms with Crippen LogP contribution in [-0.2, 0) is 6.42 Å². The molecule has 3 aromatic rings. The maximum atomic E-state index is 14.5. The fraction of sp³-hybridized carbons (Fsp3) is 0.350. The zero-order valence-corrected chi connectivity index (χ0v) is 18.0. The number of urea groups is 1. The van der Waals surface area contributed by atoms with E-state index in [0.717, 1.165) is 10.2 Å². The lowest BCUT2D eigenvalue weighted by molar-refractivity contribution is 0.0954. The van der Waals surface area contributed by atoms with E-state index in [9.17, 15) is 14.3 Å². The summed E-state index contributed by atoms with van der Waals surface area (Å²) < 4.78 is 15.4. The molecular weight excluding hydrogens is 445 g/mol. The second kappa shape index (κ2) is 9.31. The molecular formula is C20H21ClFN5O3S. The number of hydrogen-bond acceptors (Lipinski definition) is 7. The zero-order valence-electron chi connectivity index (χ0n) is 16.5. The number of nitrogens with zero attached hydrogens (tertiary/aromatic N) is 4. The molecule has 0 spiro atoms. The molecule has 0 aliphatic carbocycles. The van der Waals surface area contributed by atoms with Crippen LogP contribution in [0, 0.1) is 5.82 Å². The number of piperazine rings is 1. The molecule has 1 saturated heterocycles. The Balaban J connectivity index is 1.35. The third-order valence-corrected chi connectivity index (χ3v) is 6.16. The number of pyridine rings is 1. The summed E-state index contributed by atoms with van der Waals surface area (Å²) in [5.41, 5.74) is 1.28. The van der Waals surface area contributed by atoms with Crippen molar-refractivity contribution in [1.82, 2.24) is 14.9 Å². The molecule has 2 amide bonds. The van der Waals surface area contributed by atoms with Crippen LogP contribution in [-0.4, -0.2) is 70.0 Å². The molecule has 3 N–H and O–H groups in total. The average Bonchev–Trinajstić information content (AvgIpc) is 3.15. The van der Waals surface area contributed by atoms with E-state index >= 15 is 0 Å². The Kier molecular flexibility index (Phi) is 6.51. The molecule has 164 valence electrons. The average molecular weight is 466 g/mol. The van der Waals surface area contributed by atoms with Gasteiger partial charge in [0.05, 0.1) is 22.9 Å². The van der Waals surface area contributed by atoms with Crippen molar-refractivity contribution < 1.29 is 19.4 Å². The van der Waals surface area contributed by atoms with Gasteiger partial charge in [-0.15, -0.1) is 0 Å². The molecule has 0 bridgehead atoms. The Morgan fingerprint density at radius 1 is 1.29 bits per heavy atom. The van der Waals surface area contributed by atoms with Crippen LogP contribution in [0.5, 0.6) is 0 Å². The molecule has 4 rings (SSSR count). The predicted octanol–water partition coefficient (Wildman–Crippen LogP) is 2.73. The Labute approximate surface area is 186 Å². The highest BCUT2D eigenvalue weighted by atomic mass is 35.5. The molecule has 31 heavy (non-hydrogen) atoms. The molecule has 0 radical (unpaired) electrons. The largest absolute Gasteiger partial charge is 0.394 e. The molecule has 3 heterocycles. The first-order valence-electron chi connectivity index (χ1n) is 9.73. The van der Waals surface area contributed by atoms with Gasteiger partial charge >= 0.3 is 6.03 Å². The van der Waals surface area contributed by atoms with Gasteiger partial charge in [0.25, 0.3) is 0 Å². The third-order valence-electron chi connectivity index (χ3n) is 4.99. The molecule has 1 fully saturated rings. The van der Waals surface area contributed by atoms with Crippen LogP contribution in [0.4, 0.5) is 20.1 Å². The smallest absolute Gasteiger partial charge is 0.323 e. The van der Waals surface area contributed by atoms with Crippen LogP contribution >= 0.6 is 22.9 Å². The summed E-state index contributed by atoms with van der Waals surface area (Å²) in [5, 5.41) is 22.3. The summed E-state index contributed by atoms with van der Waals surface area (Å²) in [5.74, 6) is -0.279. The minimum atomic E-state index is -0.943. The second-order valence-corrected chi connectivity index (χ2v) is 8.69. The number of carbonyl (C=O) groups excluding carboxylic acids is 1.